The van der Waals surface area contributed by atoms with E-state index in [2.05, 4.69) is 10.3 Å². The Kier molecular flexibility index (Phi) is 5.89. The van der Waals surface area contributed by atoms with Gasteiger partial charge in [-0.05, 0) is 23.1 Å². The highest BCUT2D eigenvalue weighted by Gasteiger charge is 2.35. The van der Waals surface area contributed by atoms with Crippen molar-refractivity contribution in [2.75, 3.05) is 11.6 Å². The van der Waals surface area contributed by atoms with Crippen molar-refractivity contribution in [3.8, 4) is 5.69 Å². The lowest BCUT2D eigenvalue weighted by atomic mass is 9.91. The van der Waals surface area contributed by atoms with Crippen LogP contribution in [0.4, 0.5) is 0 Å². The highest BCUT2D eigenvalue weighted by Crippen LogP contribution is 2.26. The van der Waals surface area contributed by atoms with Gasteiger partial charge in [0.1, 0.15) is 6.04 Å². The Morgan fingerprint density at radius 2 is 2.00 bits per heavy atom. The summed E-state index contributed by atoms with van der Waals surface area (Å²) in [5.41, 5.74) is 1.96. The van der Waals surface area contributed by atoms with Crippen molar-refractivity contribution in [3.63, 3.8) is 0 Å². The summed E-state index contributed by atoms with van der Waals surface area (Å²) in [6.07, 6.45) is 5.82. The summed E-state index contributed by atoms with van der Waals surface area (Å²) in [5, 5.41) is 2.98. The van der Waals surface area contributed by atoms with E-state index >= 15 is 0 Å². The molecule has 1 N–H and O–H groups in total. The van der Waals surface area contributed by atoms with Gasteiger partial charge >= 0.3 is 0 Å². The molecule has 6 nitrogen and oxygen atoms in total. The van der Waals surface area contributed by atoms with Crippen LogP contribution in [0.3, 0.4) is 0 Å². The maximum absolute atomic E-state index is 12.6. The molecule has 7 heteroatoms. The first kappa shape index (κ1) is 19.5. The van der Waals surface area contributed by atoms with E-state index in [1.165, 1.54) is 0 Å². The predicted molar refractivity (Wildman–Crippen MR) is 107 cm³/mol. The molecule has 1 unspecified atom stereocenters. The van der Waals surface area contributed by atoms with Crippen LogP contribution >= 0.6 is 11.8 Å². The number of carbonyl (C=O) groups excluding carboxylic acids is 2. The number of nitrogens with zero attached hydrogens (tertiary/aromatic N) is 3. The molecule has 1 aliphatic heterocycles. The molecule has 0 bridgehead atoms. The second-order valence-electron chi connectivity index (χ2n) is 7.97. The van der Waals surface area contributed by atoms with E-state index in [0.29, 0.717) is 24.6 Å². The van der Waals surface area contributed by atoms with Gasteiger partial charge < -0.3 is 14.8 Å². The Balaban J connectivity index is 1.56. The molecule has 1 atom stereocenters. The molecule has 27 heavy (non-hydrogen) atoms. The van der Waals surface area contributed by atoms with E-state index in [1.54, 1.807) is 29.2 Å². The van der Waals surface area contributed by atoms with Crippen molar-refractivity contribution >= 4 is 23.6 Å². The lowest BCUT2D eigenvalue weighted by molar-refractivity contribution is -0.139. The maximum Gasteiger partial charge on any atom is 0.243 e. The minimum atomic E-state index is -0.380. The lowest BCUT2D eigenvalue weighted by Gasteiger charge is -2.26. The first-order valence-electron chi connectivity index (χ1n) is 9.06. The quantitative estimate of drug-likeness (QED) is 0.858. The van der Waals surface area contributed by atoms with Crippen molar-refractivity contribution in [2.45, 2.75) is 39.8 Å². The zero-order valence-electron chi connectivity index (χ0n) is 16.0. The van der Waals surface area contributed by atoms with E-state index < -0.39 is 0 Å². The Labute approximate surface area is 164 Å². The Bertz CT molecular complexity index is 781. The van der Waals surface area contributed by atoms with E-state index in [-0.39, 0.29) is 23.3 Å². The predicted octanol–water partition coefficient (Wildman–Crippen LogP) is 2.83. The monoisotopic (exact) mass is 386 g/mol. The third-order valence-corrected chi connectivity index (χ3v) is 5.40. The molecule has 0 radical (unpaired) electrons. The molecule has 144 valence electrons. The number of nitrogens with one attached hydrogen (secondary N) is 1. The summed E-state index contributed by atoms with van der Waals surface area (Å²) < 4.78 is 1.93. The fourth-order valence-corrected chi connectivity index (χ4v) is 4.15. The van der Waals surface area contributed by atoms with Gasteiger partial charge in [-0.15, -0.1) is 11.8 Å². The molecular weight excluding hydrogens is 360 g/mol. The van der Waals surface area contributed by atoms with Crippen LogP contribution in [0.15, 0.2) is 43.0 Å². The molecule has 1 aromatic heterocycles. The van der Waals surface area contributed by atoms with Crippen LogP contribution in [-0.4, -0.2) is 43.9 Å². The number of rotatable bonds is 5. The van der Waals surface area contributed by atoms with E-state index in [9.17, 15) is 9.59 Å². The molecule has 1 fully saturated rings. The smallest absolute Gasteiger partial charge is 0.243 e. The van der Waals surface area contributed by atoms with Crippen LogP contribution in [0.5, 0.6) is 0 Å². The third-order valence-electron chi connectivity index (χ3n) is 4.39. The number of hydrogen-bond acceptors (Lipinski definition) is 4. The number of thioether (sulfide) groups is 1. The summed E-state index contributed by atoms with van der Waals surface area (Å²) in [6, 6.07) is 7.58. The van der Waals surface area contributed by atoms with Gasteiger partial charge in [0.15, 0.2) is 0 Å². The van der Waals surface area contributed by atoms with Gasteiger partial charge in [-0.25, -0.2) is 4.98 Å². The van der Waals surface area contributed by atoms with Crippen molar-refractivity contribution in [2.24, 2.45) is 5.41 Å². The SMILES string of the molecule is CC(C)(C)CC(=O)N1CSCC1C(=O)NCc1ccc(-n2ccnc2)cc1. The lowest BCUT2D eigenvalue weighted by Crippen LogP contribution is -2.47. The van der Waals surface area contributed by atoms with Crippen molar-refractivity contribution < 1.29 is 9.59 Å². The highest BCUT2D eigenvalue weighted by molar-refractivity contribution is 7.99. The summed E-state index contributed by atoms with van der Waals surface area (Å²) in [6.45, 7) is 6.56. The average Bonchev–Trinajstić information content (AvgIpc) is 3.30. The van der Waals surface area contributed by atoms with Crippen LogP contribution in [0.25, 0.3) is 5.69 Å². The van der Waals surface area contributed by atoms with Gasteiger partial charge in [0.05, 0.1) is 12.2 Å². The number of hydrogen-bond donors (Lipinski definition) is 1. The second-order valence-corrected chi connectivity index (χ2v) is 8.97. The Morgan fingerprint density at radius 1 is 1.26 bits per heavy atom. The molecule has 1 saturated heterocycles. The van der Waals surface area contributed by atoms with E-state index in [1.807, 2.05) is 55.8 Å². The minimum Gasteiger partial charge on any atom is -0.350 e. The third kappa shape index (κ3) is 5.13. The van der Waals surface area contributed by atoms with Crippen LogP contribution in [-0.2, 0) is 16.1 Å². The zero-order valence-corrected chi connectivity index (χ0v) is 16.8. The average molecular weight is 387 g/mol. The van der Waals surface area contributed by atoms with Crippen molar-refractivity contribution in [1.29, 1.82) is 0 Å². The number of imidazole rings is 1. The molecule has 0 saturated carbocycles. The van der Waals surface area contributed by atoms with Crippen molar-refractivity contribution in [3.05, 3.63) is 48.5 Å². The topological polar surface area (TPSA) is 67.2 Å². The van der Waals surface area contributed by atoms with Crippen LogP contribution in [0, 0.1) is 5.41 Å². The van der Waals surface area contributed by atoms with E-state index in [4.69, 9.17) is 0 Å². The molecule has 2 amide bonds. The van der Waals surface area contributed by atoms with Crippen LogP contribution in [0.1, 0.15) is 32.8 Å². The van der Waals surface area contributed by atoms with Gasteiger partial charge in [-0.2, -0.15) is 0 Å². The summed E-state index contributed by atoms with van der Waals surface area (Å²) in [7, 11) is 0. The Hall–Kier alpha value is -2.28. The molecule has 0 aliphatic carbocycles. The molecule has 0 spiro atoms. The van der Waals surface area contributed by atoms with Gasteiger partial charge in [-0.3, -0.25) is 9.59 Å². The fraction of sp³-hybridized carbons (Fsp3) is 0.450. The molecular formula is C20H26N4O2S. The summed E-state index contributed by atoms with van der Waals surface area (Å²) in [4.78, 5) is 30.9. The summed E-state index contributed by atoms with van der Waals surface area (Å²) >= 11 is 1.63. The summed E-state index contributed by atoms with van der Waals surface area (Å²) in [5.74, 6) is 1.21. The van der Waals surface area contributed by atoms with Gasteiger partial charge in [0.25, 0.3) is 0 Å². The molecule has 2 aromatic rings. The normalized spacial score (nSPS) is 17.1. The molecule has 3 rings (SSSR count). The second kappa shape index (κ2) is 8.17. The molecule has 1 aromatic carbocycles. The standard InChI is InChI=1S/C20H26N4O2S/c1-20(2,3)10-18(25)24-14-27-12-17(24)19(26)22-11-15-4-6-16(7-5-15)23-9-8-21-13-23/h4-9,13,17H,10-12,14H2,1-3H3,(H,22,26). The van der Waals surface area contributed by atoms with Crippen LogP contribution in [0.2, 0.25) is 0 Å². The largest absolute Gasteiger partial charge is 0.350 e. The van der Waals surface area contributed by atoms with Crippen LogP contribution < -0.4 is 5.32 Å². The highest BCUT2D eigenvalue weighted by atomic mass is 32.2. The van der Waals surface area contributed by atoms with Crippen molar-refractivity contribution in [1.82, 2.24) is 19.8 Å². The first-order valence-corrected chi connectivity index (χ1v) is 10.2. The molecule has 1 aliphatic rings. The fourth-order valence-electron chi connectivity index (χ4n) is 2.97. The number of aromatic nitrogens is 2. The number of amides is 2. The Morgan fingerprint density at radius 3 is 2.63 bits per heavy atom. The minimum absolute atomic E-state index is 0.0531. The van der Waals surface area contributed by atoms with E-state index in [0.717, 1.165) is 11.3 Å². The van der Waals surface area contributed by atoms with Gasteiger partial charge in [-0.1, -0.05) is 32.9 Å². The van der Waals surface area contributed by atoms with Gasteiger partial charge in [0, 0.05) is 36.8 Å². The van der Waals surface area contributed by atoms with Gasteiger partial charge in [0.2, 0.25) is 11.8 Å². The zero-order chi connectivity index (χ0) is 19.4. The molecule has 2 heterocycles. The maximum atomic E-state index is 12.6. The number of benzene rings is 1. The number of carbonyl (C=O) groups is 2. The first-order chi connectivity index (χ1) is 12.8.